The van der Waals surface area contributed by atoms with Crippen molar-refractivity contribution in [1.82, 2.24) is 9.78 Å². The van der Waals surface area contributed by atoms with Gasteiger partial charge in [-0.15, -0.1) is 4.36 Å². The number of benzene rings is 1. The number of fused-ring (bicyclic) bond motifs is 3. The number of urea groups is 1. The molecular formula is C19H24N6O4S. The molecule has 160 valence electrons. The van der Waals surface area contributed by atoms with Gasteiger partial charge in [0.15, 0.2) is 9.92 Å². The molecule has 10 nitrogen and oxygen atoms in total. The molecule has 3 atom stereocenters. The molecule has 2 aliphatic carbocycles. The topological polar surface area (TPSA) is 158 Å². The highest BCUT2D eigenvalue weighted by Crippen LogP contribution is 2.42. The van der Waals surface area contributed by atoms with E-state index in [1.165, 1.54) is 10.9 Å². The normalized spacial score (nSPS) is 23.7. The zero-order valence-corrected chi connectivity index (χ0v) is 17.2. The Morgan fingerprint density at radius 3 is 3.03 bits per heavy atom. The van der Waals surface area contributed by atoms with Gasteiger partial charge in [-0.25, -0.2) is 18.8 Å². The number of nitrogens with one attached hydrogen (secondary N) is 1. The first-order chi connectivity index (χ1) is 14.3. The Labute approximate surface area is 173 Å². The number of nitrogens with zero attached hydrogens (tertiary/aromatic N) is 3. The van der Waals surface area contributed by atoms with Crippen LogP contribution in [0.25, 0.3) is 0 Å². The van der Waals surface area contributed by atoms with E-state index in [9.17, 15) is 14.1 Å². The summed E-state index contributed by atoms with van der Waals surface area (Å²) in [6, 6.07) is 1.03. The van der Waals surface area contributed by atoms with E-state index in [0.717, 1.165) is 41.5 Å². The molecule has 0 radical (unpaired) electrons. The van der Waals surface area contributed by atoms with Gasteiger partial charge in [-0.3, -0.25) is 0 Å². The number of carbonyl (C=O) groups excluding carboxylic acids is 1. The van der Waals surface area contributed by atoms with Gasteiger partial charge < -0.3 is 20.9 Å². The fraction of sp³-hybridized carbons (Fsp3) is 0.474. The standard InChI is InChI=1S/C19H24N6O4S/c20-11-8-25-18(29-9-11)16(7-22-25)30(21,28)24-19(27)23-17-12-3-1-2-10(12)6-14-13(17)4-5-15(14)26/h6-7,11,15,26H,1-5,8-9,20H2,(H3,21,23,24,27,28). The molecule has 3 unspecified atom stereocenters. The quantitative estimate of drug-likeness (QED) is 0.554. The van der Waals surface area contributed by atoms with Crippen molar-refractivity contribution in [3.8, 4) is 5.88 Å². The van der Waals surface area contributed by atoms with Gasteiger partial charge in [0.1, 0.15) is 11.5 Å². The molecule has 1 aromatic carbocycles. The van der Waals surface area contributed by atoms with Gasteiger partial charge in [-0.2, -0.15) is 5.10 Å². The predicted molar refractivity (Wildman–Crippen MR) is 109 cm³/mol. The molecule has 11 heteroatoms. The first-order valence-corrected chi connectivity index (χ1v) is 11.6. The lowest BCUT2D eigenvalue weighted by atomic mass is 9.98. The maximum atomic E-state index is 13.1. The Bertz CT molecular complexity index is 1170. The highest BCUT2D eigenvalue weighted by atomic mass is 32.2. The number of hydrogen-bond donors (Lipinski definition) is 4. The number of aliphatic hydroxyl groups excluding tert-OH is 1. The van der Waals surface area contributed by atoms with E-state index in [4.69, 9.17) is 15.6 Å². The molecule has 3 aliphatic rings. The lowest BCUT2D eigenvalue weighted by Gasteiger charge is -2.21. The Hall–Kier alpha value is -2.47. The van der Waals surface area contributed by atoms with Crippen LogP contribution in [-0.4, -0.2) is 37.8 Å². The summed E-state index contributed by atoms with van der Waals surface area (Å²) in [7, 11) is -3.57. The molecule has 30 heavy (non-hydrogen) atoms. The Morgan fingerprint density at radius 1 is 1.37 bits per heavy atom. The molecule has 1 aliphatic heterocycles. The number of carbonyl (C=O) groups is 1. The first kappa shape index (κ1) is 19.5. The van der Waals surface area contributed by atoms with Crippen molar-refractivity contribution in [2.24, 2.45) is 15.2 Å². The lowest BCUT2D eigenvalue weighted by molar-refractivity contribution is 0.180. The van der Waals surface area contributed by atoms with Crippen LogP contribution >= 0.6 is 0 Å². The molecule has 0 spiro atoms. The van der Waals surface area contributed by atoms with Gasteiger partial charge in [0.05, 0.1) is 24.9 Å². The van der Waals surface area contributed by atoms with Crippen LogP contribution in [0.2, 0.25) is 0 Å². The molecule has 6 N–H and O–H groups in total. The minimum atomic E-state index is -3.57. The summed E-state index contributed by atoms with van der Waals surface area (Å²) in [4.78, 5) is 12.8. The maximum absolute atomic E-state index is 13.1. The zero-order valence-electron chi connectivity index (χ0n) is 16.3. The van der Waals surface area contributed by atoms with Crippen molar-refractivity contribution in [2.45, 2.75) is 55.7 Å². The molecule has 2 amide bonds. The second kappa shape index (κ2) is 7.05. The second-order valence-corrected chi connectivity index (χ2v) is 9.78. The smallest absolute Gasteiger partial charge is 0.354 e. The summed E-state index contributed by atoms with van der Waals surface area (Å²) in [5.74, 6) is 0.227. The largest absolute Gasteiger partial charge is 0.475 e. The van der Waals surface area contributed by atoms with Gasteiger partial charge in [-0.05, 0) is 54.4 Å². The van der Waals surface area contributed by atoms with Gasteiger partial charge in [0.2, 0.25) is 5.88 Å². The number of amides is 2. The molecule has 2 aromatic rings. The van der Waals surface area contributed by atoms with Crippen LogP contribution < -0.4 is 20.9 Å². The predicted octanol–water partition coefficient (Wildman–Crippen LogP) is 1.00. The van der Waals surface area contributed by atoms with E-state index in [1.54, 1.807) is 0 Å². The first-order valence-electron chi connectivity index (χ1n) is 9.99. The van der Waals surface area contributed by atoms with E-state index < -0.39 is 22.1 Å². The number of anilines is 1. The van der Waals surface area contributed by atoms with E-state index in [2.05, 4.69) is 20.8 Å². The number of aromatic nitrogens is 2. The second-order valence-electron chi connectivity index (χ2n) is 8.02. The summed E-state index contributed by atoms with van der Waals surface area (Å²) in [5, 5.41) is 23.1. The Balaban J connectivity index is 1.48. The van der Waals surface area contributed by atoms with Crippen molar-refractivity contribution in [3.63, 3.8) is 0 Å². The molecule has 0 saturated heterocycles. The van der Waals surface area contributed by atoms with Crippen LogP contribution in [0.1, 0.15) is 41.2 Å². The van der Waals surface area contributed by atoms with Crippen LogP contribution in [-0.2, 0) is 35.7 Å². The van der Waals surface area contributed by atoms with Crippen LogP contribution in [0.4, 0.5) is 10.5 Å². The summed E-state index contributed by atoms with van der Waals surface area (Å²) >= 11 is 0. The van der Waals surface area contributed by atoms with Gasteiger partial charge in [0, 0.05) is 5.69 Å². The van der Waals surface area contributed by atoms with Crippen LogP contribution in [0.3, 0.4) is 0 Å². The number of ether oxygens (including phenoxy) is 1. The average molecular weight is 433 g/mol. The van der Waals surface area contributed by atoms with Crippen molar-refractivity contribution < 1.29 is 18.8 Å². The third-order valence-corrected chi connectivity index (χ3v) is 7.28. The fourth-order valence-corrected chi connectivity index (χ4v) is 5.57. The van der Waals surface area contributed by atoms with E-state index in [1.807, 2.05) is 0 Å². The molecule has 0 fully saturated rings. The van der Waals surface area contributed by atoms with E-state index in [-0.39, 0.29) is 23.4 Å². The van der Waals surface area contributed by atoms with Crippen molar-refractivity contribution >= 4 is 21.6 Å². The molecule has 2 heterocycles. The van der Waals surface area contributed by atoms with Crippen LogP contribution in [0, 0.1) is 0 Å². The third kappa shape index (κ3) is 3.18. The summed E-state index contributed by atoms with van der Waals surface area (Å²) in [5.41, 5.74) is 10.5. The van der Waals surface area contributed by atoms with E-state index >= 15 is 0 Å². The monoisotopic (exact) mass is 432 g/mol. The molecule has 0 saturated carbocycles. The number of nitrogens with two attached hydrogens (primary N) is 2. The number of hydrogen-bond acceptors (Lipinski definition) is 6. The van der Waals surface area contributed by atoms with Crippen molar-refractivity contribution in [1.29, 1.82) is 0 Å². The Kier molecular flexibility index (Phi) is 4.58. The number of aryl methyl sites for hydroxylation is 1. The highest BCUT2D eigenvalue weighted by Gasteiger charge is 2.30. The molecule has 0 bridgehead atoms. The van der Waals surface area contributed by atoms with Crippen LogP contribution in [0.5, 0.6) is 5.88 Å². The van der Waals surface area contributed by atoms with Crippen molar-refractivity contribution in [3.05, 3.63) is 34.5 Å². The molecular weight excluding hydrogens is 408 g/mol. The zero-order chi connectivity index (χ0) is 21.0. The van der Waals surface area contributed by atoms with Gasteiger partial charge in [-0.1, -0.05) is 6.07 Å². The minimum absolute atomic E-state index is 0.0727. The van der Waals surface area contributed by atoms with E-state index in [0.29, 0.717) is 25.1 Å². The maximum Gasteiger partial charge on any atom is 0.354 e. The highest BCUT2D eigenvalue weighted by molar-refractivity contribution is 7.91. The van der Waals surface area contributed by atoms with Gasteiger partial charge in [0.25, 0.3) is 0 Å². The lowest BCUT2D eigenvalue weighted by Crippen LogP contribution is -2.37. The number of aliphatic hydroxyl groups is 1. The minimum Gasteiger partial charge on any atom is -0.475 e. The summed E-state index contributed by atoms with van der Waals surface area (Å²) in [6.45, 7) is 0.646. The third-order valence-electron chi connectivity index (χ3n) is 5.94. The Morgan fingerprint density at radius 2 is 2.20 bits per heavy atom. The molecule has 1 aromatic heterocycles. The average Bonchev–Trinajstić information content (AvgIpc) is 3.40. The van der Waals surface area contributed by atoms with Crippen LogP contribution in [0.15, 0.2) is 21.5 Å². The van der Waals surface area contributed by atoms with Crippen molar-refractivity contribution in [2.75, 3.05) is 11.9 Å². The summed E-state index contributed by atoms with van der Waals surface area (Å²) in [6.07, 6.45) is 4.81. The SMILES string of the molecule is NC1COc2c(S(N)(=O)=NC(=O)Nc3c4c(cc5c3CCC5O)CCC4)cnn2C1. The summed E-state index contributed by atoms with van der Waals surface area (Å²) < 4.78 is 23.8. The molecule has 5 rings (SSSR count). The number of rotatable bonds is 2. The fourth-order valence-electron chi connectivity index (χ4n) is 4.56. The van der Waals surface area contributed by atoms with Gasteiger partial charge >= 0.3 is 6.03 Å².